The summed E-state index contributed by atoms with van der Waals surface area (Å²) in [6, 6.07) is 8.23. The number of carbonyl (C=O) groups excluding carboxylic acids is 1. The van der Waals surface area contributed by atoms with E-state index in [1.165, 1.54) is 25.6 Å². The molecule has 1 aliphatic rings. The van der Waals surface area contributed by atoms with Gasteiger partial charge in [0.25, 0.3) is 0 Å². The lowest BCUT2D eigenvalue weighted by Crippen LogP contribution is -2.35. The molecular weight excluding hydrogens is 288 g/mol. The van der Waals surface area contributed by atoms with Crippen LogP contribution in [0.15, 0.2) is 36.9 Å². The Hall–Kier alpha value is -2.17. The van der Waals surface area contributed by atoms with E-state index in [2.05, 4.69) is 29.1 Å². The lowest BCUT2D eigenvalue weighted by atomic mass is 9.88. The van der Waals surface area contributed by atoms with Crippen molar-refractivity contribution in [1.29, 1.82) is 0 Å². The van der Waals surface area contributed by atoms with Crippen molar-refractivity contribution in [2.24, 2.45) is 5.92 Å². The van der Waals surface area contributed by atoms with Crippen molar-refractivity contribution < 1.29 is 4.79 Å². The number of hydrogen-bond donors (Lipinski definition) is 0. The fraction of sp³-hybridized carbons (Fsp3) is 0.500. The van der Waals surface area contributed by atoms with Crippen molar-refractivity contribution in [1.82, 2.24) is 19.7 Å². The Bertz CT molecular complexity index is 630. The Labute approximate surface area is 137 Å². The summed E-state index contributed by atoms with van der Waals surface area (Å²) in [5, 5.41) is 4.13. The maximum Gasteiger partial charge on any atom is 0.225 e. The molecule has 1 saturated carbocycles. The molecule has 0 spiro atoms. The summed E-state index contributed by atoms with van der Waals surface area (Å²) < 4.78 is 1.73. The van der Waals surface area contributed by atoms with Gasteiger partial charge >= 0.3 is 0 Å². The number of aromatic nitrogens is 3. The Kier molecular flexibility index (Phi) is 4.74. The van der Waals surface area contributed by atoms with Gasteiger partial charge in [0, 0.05) is 13.0 Å². The van der Waals surface area contributed by atoms with E-state index in [0.717, 1.165) is 24.1 Å². The molecule has 3 rings (SSSR count). The lowest BCUT2D eigenvalue weighted by molar-refractivity contribution is -0.137. The topological polar surface area (TPSA) is 51.0 Å². The summed E-state index contributed by atoms with van der Waals surface area (Å²) in [5.41, 5.74) is 2.11. The highest BCUT2D eigenvalue weighted by atomic mass is 16.2. The summed E-state index contributed by atoms with van der Waals surface area (Å²) in [4.78, 5) is 18.5. The number of carbonyl (C=O) groups is 1. The molecule has 5 nitrogen and oxygen atoms in total. The first-order chi connectivity index (χ1) is 11.2. The van der Waals surface area contributed by atoms with E-state index in [1.54, 1.807) is 11.0 Å². The molecule has 1 heterocycles. The zero-order chi connectivity index (χ0) is 16.2. The Balaban J connectivity index is 1.69. The smallest absolute Gasteiger partial charge is 0.225 e. The van der Waals surface area contributed by atoms with Crippen LogP contribution in [0.25, 0.3) is 5.69 Å². The van der Waals surface area contributed by atoms with Gasteiger partial charge in [0.05, 0.1) is 11.7 Å². The van der Waals surface area contributed by atoms with Gasteiger partial charge in [-0.15, -0.1) is 0 Å². The molecule has 0 saturated heterocycles. The Morgan fingerprint density at radius 3 is 2.52 bits per heavy atom. The summed E-state index contributed by atoms with van der Waals surface area (Å²) in [5.74, 6) is 0.503. The van der Waals surface area contributed by atoms with Crippen LogP contribution in [0.5, 0.6) is 0 Å². The van der Waals surface area contributed by atoms with Crippen molar-refractivity contribution in [3.8, 4) is 5.69 Å². The molecule has 0 N–H and O–H groups in total. The zero-order valence-corrected chi connectivity index (χ0v) is 13.9. The van der Waals surface area contributed by atoms with E-state index in [4.69, 9.17) is 0 Å². The van der Waals surface area contributed by atoms with Gasteiger partial charge in [-0.1, -0.05) is 31.4 Å². The van der Waals surface area contributed by atoms with Crippen molar-refractivity contribution in [2.45, 2.75) is 45.1 Å². The second-order valence-electron chi connectivity index (χ2n) is 6.39. The molecule has 0 aliphatic heterocycles. The predicted octanol–water partition coefficient (Wildman–Crippen LogP) is 3.37. The van der Waals surface area contributed by atoms with Crippen LogP contribution in [0, 0.1) is 5.92 Å². The lowest BCUT2D eigenvalue weighted by Gasteiger charge is -2.31. The predicted molar refractivity (Wildman–Crippen MR) is 89.1 cm³/mol. The van der Waals surface area contributed by atoms with Crippen molar-refractivity contribution in [3.05, 3.63) is 42.5 Å². The van der Waals surface area contributed by atoms with Gasteiger partial charge in [0.15, 0.2) is 0 Å². The Morgan fingerprint density at radius 2 is 1.91 bits per heavy atom. The second-order valence-corrected chi connectivity index (χ2v) is 6.39. The van der Waals surface area contributed by atoms with Crippen LogP contribution in [0.1, 0.15) is 50.6 Å². The molecule has 122 valence electrons. The molecule has 1 aromatic carbocycles. The molecule has 1 fully saturated rings. The van der Waals surface area contributed by atoms with Crippen LogP contribution in [0.3, 0.4) is 0 Å². The molecule has 1 aromatic heterocycles. The van der Waals surface area contributed by atoms with Crippen LogP contribution in [0.2, 0.25) is 0 Å². The Morgan fingerprint density at radius 1 is 1.22 bits per heavy atom. The number of rotatable bonds is 4. The van der Waals surface area contributed by atoms with E-state index in [0.29, 0.717) is 0 Å². The molecule has 0 bridgehead atoms. The van der Waals surface area contributed by atoms with Gasteiger partial charge in [-0.25, -0.2) is 9.67 Å². The number of nitrogens with zero attached hydrogens (tertiary/aromatic N) is 4. The van der Waals surface area contributed by atoms with E-state index in [-0.39, 0.29) is 17.9 Å². The molecule has 1 aliphatic carbocycles. The average Bonchev–Trinajstić information content (AvgIpc) is 3.15. The molecule has 0 radical (unpaired) electrons. The first-order valence-electron chi connectivity index (χ1n) is 8.38. The third kappa shape index (κ3) is 3.44. The average molecular weight is 312 g/mol. The standard InChI is InChI=1S/C18H24N4O/c1-14(21(2)18(23)16-6-4-3-5-7-16)15-8-10-17(11-9-15)22-13-19-12-20-22/h8-14,16H,3-7H2,1-2H3/t14-/m0/s1. The summed E-state index contributed by atoms with van der Waals surface area (Å²) in [6.45, 7) is 2.09. The summed E-state index contributed by atoms with van der Waals surface area (Å²) in [7, 11) is 1.92. The molecule has 23 heavy (non-hydrogen) atoms. The molecule has 0 unspecified atom stereocenters. The van der Waals surface area contributed by atoms with Gasteiger partial charge in [-0.3, -0.25) is 4.79 Å². The van der Waals surface area contributed by atoms with Crippen LogP contribution < -0.4 is 0 Å². The minimum Gasteiger partial charge on any atom is -0.339 e. The third-order valence-corrected chi connectivity index (χ3v) is 4.94. The van der Waals surface area contributed by atoms with E-state index in [1.807, 2.05) is 24.1 Å². The minimum absolute atomic E-state index is 0.0780. The minimum atomic E-state index is 0.0780. The monoisotopic (exact) mass is 312 g/mol. The van der Waals surface area contributed by atoms with Crippen molar-refractivity contribution in [3.63, 3.8) is 0 Å². The van der Waals surface area contributed by atoms with E-state index < -0.39 is 0 Å². The van der Waals surface area contributed by atoms with Crippen LogP contribution in [0.4, 0.5) is 0 Å². The molecule has 5 heteroatoms. The molecule has 1 amide bonds. The van der Waals surface area contributed by atoms with Gasteiger partial charge < -0.3 is 4.90 Å². The van der Waals surface area contributed by atoms with Gasteiger partial charge in [-0.2, -0.15) is 5.10 Å². The van der Waals surface area contributed by atoms with Gasteiger partial charge in [0.2, 0.25) is 5.91 Å². The van der Waals surface area contributed by atoms with Gasteiger partial charge in [0.1, 0.15) is 12.7 Å². The highest BCUT2D eigenvalue weighted by molar-refractivity contribution is 5.79. The van der Waals surface area contributed by atoms with Gasteiger partial charge in [-0.05, 0) is 37.5 Å². The highest BCUT2D eigenvalue weighted by Crippen LogP contribution is 2.28. The third-order valence-electron chi connectivity index (χ3n) is 4.94. The van der Waals surface area contributed by atoms with Crippen LogP contribution in [-0.4, -0.2) is 32.6 Å². The second kappa shape index (κ2) is 6.94. The van der Waals surface area contributed by atoms with Crippen LogP contribution >= 0.6 is 0 Å². The van der Waals surface area contributed by atoms with E-state index in [9.17, 15) is 4.79 Å². The zero-order valence-electron chi connectivity index (χ0n) is 13.9. The maximum absolute atomic E-state index is 12.7. The number of hydrogen-bond acceptors (Lipinski definition) is 3. The fourth-order valence-corrected chi connectivity index (χ4v) is 3.30. The highest BCUT2D eigenvalue weighted by Gasteiger charge is 2.26. The summed E-state index contributed by atoms with van der Waals surface area (Å²) >= 11 is 0. The quantitative estimate of drug-likeness (QED) is 0.870. The first kappa shape index (κ1) is 15.7. The normalized spacial score (nSPS) is 17.0. The number of benzene rings is 1. The maximum atomic E-state index is 12.7. The number of amides is 1. The summed E-state index contributed by atoms with van der Waals surface area (Å²) in [6.07, 6.45) is 8.93. The van der Waals surface area contributed by atoms with Crippen LogP contribution in [-0.2, 0) is 4.79 Å². The largest absolute Gasteiger partial charge is 0.339 e. The molecular formula is C18H24N4O. The van der Waals surface area contributed by atoms with Crippen molar-refractivity contribution in [2.75, 3.05) is 7.05 Å². The SMILES string of the molecule is C[C@@H](c1ccc(-n2cncn2)cc1)N(C)C(=O)C1CCCCC1. The fourth-order valence-electron chi connectivity index (χ4n) is 3.30. The molecule has 2 aromatic rings. The van der Waals surface area contributed by atoms with Crippen molar-refractivity contribution >= 4 is 5.91 Å². The van der Waals surface area contributed by atoms with E-state index >= 15 is 0 Å². The first-order valence-corrected chi connectivity index (χ1v) is 8.38. The molecule has 1 atom stereocenters.